The molecule has 0 saturated carbocycles. The molecule has 0 spiro atoms. The Morgan fingerprint density at radius 2 is 2.36 bits per heavy atom. The highest BCUT2D eigenvalue weighted by molar-refractivity contribution is 5.92. The molecule has 0 aliphatic rings. The van der Waals surface area contributed by atoms with Gasteiger partial charge in [-0.15, -0.1) is 0 Å². The van der Waals surface area contributed by atoms with Crippen LogP contribution in [-0.4, -0.2) is 15.6 Å². The number of hydrogen-bond donors (Lipinski definition) is 0. The van der Waals surface area contributed by atoms with Crippen molar-refractivity contribution in [2.75, 3.05) is 0 Å². The van der Waals surface area contributed by atoms with Gasteiger partial charge < -0.3 is 0 Å². The summed E-state index contributed by atoms with van der Waals surface area (Å²) in [5.74, 6) is 0.0763. The minimum absolute atomic E-state index is 0.0763. The van der Waals surface area contributed by atoms with Crippen molar-refractivity contribution in [1.29, 1.82) is 0 Å². The van der Waals surface area contributed by atoms with E-state index in [1.54, 1.807) is 11.6 Å². The van der Waals surface area contributed by atoms with Gasteiger partial charge in [-0.2, -0.15) is 5.10 Å². The minimum Gasteiger partial charge on any atom is -0.293 e. The Morgan fingerprint density at radius 1 is 1.73 bits per heavy atom. The molecule has 1 aromatic heterocycles. The van der Waals surface area contributed by atoms with Crippen molar-refractivity contribution in [2.45, 2.75) is 27.3 Å². The molecule has 0 N–H and O–H groups in total. The number of nitrogens with zero attached hydrogens (tertiary/aromatic N) is 2. The first-order valence-corrected chi connectivity index (χ1v) is 3.70. The predicted octanol–water partition coefficient (Wildman–Crippen LogP) is 1.41. The van der Waals surface area contributed by atoms with Gasteiger partial charge in [-0.3, -0.25) is 9.48 Å². The first-order valence-electron chi connectivity index (χ1n) is 3.70. The van der Waals surface area contributed by atoms with Crippen LogP contribution in [0.2, 0.25) is 0 Å². The van der Waals surface area contributed by atoms with E-state index in [0.29, 0.717) is 5.69 Å². The first kappa shape index (κ1) is 7.98. The van der Waals surface area contributed by atoms with Crippen molar-refractivity contribution >= 4 is 5.78 Å². The molecule has 0 aliphatic carbocycles. The Bertz CT molecular complexity index is 276. The number of Topliss-reactive ketones (excluding diaryl/α,β-unsaturated/α-hetero) is 1. The second kappa shape index (κ2) is 2.86. The lowest BCUT2D eigenvalue weighted by Crippen LogP contribution is -2.05. The van der Waals surface area contributed by atoms with Gasteiger partial charge in [-0.1, -0.05) is 0 Å². The summed E-state index contributed by atoms with van der Waals surface area (Å²) >= 11 is 0. The Hall–Kier alpha value is -1.12. The fraction of sp³-hybridized carbons (Fsp3) is 0.500. The number of ketones is 1. The SMILES string of the molecule is CCn1nc(C)cc1C(C)=O. The molecular weight excluding hydrogens is 140 g/mol. The van der Waals surface area contributed by atoms with Gasteiger partial charge in [0, 0.05) is 13.5 Å². The molecule has 3 heteroatoms. The molecule has 0 amide bonds. The van der Waals surface area contributed by atoms with Crippen LogP contribution < -0.4 is 0 Å². The van der Waals surface area contributed by atoms with Crippen molar-refractivity contribution in [3.05, 3.63) is 17.5 Å². The molecule has 1 heterocycles. The van der Waals surface area contributed by atoms with Crippen molar-refractivity contribution in [2.24, 2.45) is 0 Å². The first-order chi connectivity index (χ1) is 5.15. The molecule has 0 atom stereocenters. The molecule has 1 rings (SSSR count). The minimum atomic E-state index is 0.0763. The second-order valence-corrected chi connectivity index (χ2v) is 2.54. The number of carbonyl (C=O) groups is 1. The van der Waals surface area contributed by atoms with Gasteiger partial charge in [0.05, 0.1) is 5.69 Å². The average Bonchev–Trinajstić information content (AvgIpc) is 2.30. The number of carbonyl (C=O) groups excluding carboxylic acids is 1. The third kappa shape index (κ3) is 1.48. The molecule has 0 saturated heterocycles. The van der Waals surface area contributed by atoms with Crippen LogP contribution >= 0.6 is 0 Å². The molecule has 0 aliphatic heterocycles. The van der Waals surface area contributed by atoms with Crippen LogP contribution in [-0.2, 0) is 6.54 Å². The van der Waals surface area contributed by atoms with Crippen LogP contribution in [0.4, 0.5) is 0 Å². The zero-order chi connectivity index (χ0) is 8.43. The summed E-state index contributed by atoms with van der Waals surface area (Å²) < 4.78 is 1.72. The van der Waals surface area contributed by atoms with E-state index in [4.69, 9.17) is 0 Å². The molecule has 0 aromatic carbocycles. The van der Waals surface area contributed by atoms with Crippen LogP contribution in [0.1, 0.15) is 30.0 Å². The lowest BCUT2D eigenvalue weighted by Gasteiger charge is -1.98. The molecule has 0 bridgehead atoms. The summed E-state index contributed by atoms with van der Waals surface area (Å²) in [5.41, 5.74) is 1.60. The zero-order valence-electron chi connectivity index (χ0n) is 7.09. The summed E-state index contributed by atoms with van der Waals surface area (Å²) in [4.78, 5) is 11.0. The van der Waals surface area contributed by atoms with Crippen molar-refractivity contribution < 1.29 is 4.79 Å². The van der Waals surface area contributed by atoms with Gasteiger partial charge in [0.25, 0.3) is 0 Å². The smallest absolute Gasteiger partial charge is 0.177 e. The molecular formula is C8H12N2O. The monoisotopic (exact) mass is 152 g/mol. The Labute approximate surface area is 66.0 Å². The Balaban J connectivity index is 3.12. The third-order valence-corrected chi connectivity index (χ3v) is 1.56. The topological polar surface area (TPSA) is 34.9 Å². The van der Waals surface area contributed by atoms with Gasteiger partial charge in [-0.25, -0.2) is 0 Å². The second-order valence-electron chi connectivity index (χ2n) is 2.54. The number of hydrogen-bond acceptors (Lipinski definition) is 2. The van der Waals surface area contributed by atoms with Crippen LogP contribution in [0.3, 0.4) is 0 Å². The van der Waals surface area contributed by atoms with E-state index >= 15 is 0 Å². The zero-order valence-corrected chi connectivity index (χ0v) is 7.09. The number of aromatic nitrogens is 2. The van der Waals surface area contributed by atoms with Crippen LogP contribution in [0.5, 0.6) is 0 Å². The van der Waals surface area contributed by atoms with Crippen LogP contribution in [0.15, 0.2) is 6.07 Å². The number of aryl methyl sites for hydroxylation is 2. The van der Waals surface area contributed by atoms with Gasteiger partial charge in [0.1, 0.15) is 5.69 Å². The summed E-state index contributed by atoms with van der Waals surface area (Å²) in [6, 6.07) is 1.81. The predicted molar refractivity (Wildman–Crippen MR) is 42.6 cm³/mol. The highest BCUT2D eigenvalue weighted by atomic mass is 16.1. The van der Waals surface area contributed by atoms with E-state index in [9.17, 15) is 4.79 Å². The fourth-order valence-electron chi connectivity index (χ4n) is 1.07. The lowest BCUT2D eigenvalue weighted by molar-refractivity contribution is 0.100. The van der Waals surface area contributed by atoms with E-state index in [1.165, 1.54) is 0 Å². The molecule has 11 heavy (non-hydrogen) atoms. The average molecular weight is 152 g/mol. The molecule has 60 valence electrons. The Morgan fingerprint density at radius 3 is 2.73 bits per heavy atom. The molecule has 0 unspecified atom stereocenters. The standard InChI is InChI=1S/C8H12N2O/c1-4-10-8(7(3)11)5-6(2)9-10/h5H,4H2,1-3H3. The van der Waals surface area contributed by atoms with E-state index < -0.39 is 0 Å². The molecule has 0 radical (unpaired) electrons. The van der Waals surface area contributed by atoms with Gasteiger partial charge in [0.2, 0.25) is 0 Å². The Kier molecular flexibility index (Phi) is 2.08. The normalized spacial score (nSPS) is 10.1. The third-order valence-electron chi connectivity index (χ3n) is 1.56. The lowest BCUT2D eigenvalue weighted by atomic mass is 10.3. The van der Waals surface area contributed by atoms with Gasteiger partial charge in [-0.05, 0) is 19.9 Å². The highest BCUT2D eigenvalue weighted by Crippen LogP contribution is 2.03. The summed E-state index contributed by atoms with van der Waals surface area (Å²) in [5, 5.41) is 4.15. The van der Waals surface area contributed by atoms with E-state index in [2.05, 4.69) is 5.10 Å². The van der Waals surface area contributed by atoms with Crippen molar-refractivity contribution in [3.63, 3.8) is 0 Å². The molecule has 1 aromatic rings. The summed E-state index contributed by atoms with van der Waals surface area (Å²) in [7, 11) is 0. The van der Waals surface area contributed by atoms with Crippen LogP contribution in [0, 0.1) is 6.92 Å². The van der Waals surface area contributed by atoms with Gasteiger partial charge in [0.15, 0.2) is 5.78 Å². The largest absolute Gasteiger partial charge is 0.293 e. The number of rotatable bonds is 2. The molecule has 3 nitrogen and oxygen atoms in total. The van der Waals surface area contributed by atoms with E-state index in [-0.39, 0.29) is 5.78 Å². The maximum absolute atomic E-state index is 11.0. The quantitative estimate of drug-likeness (QED) is 0.600. The van der Waals surface area contributed by atoms with Crippen LogP contribution in [0.25, 0.3) is 0 Å². The highest BCUT2D eigenvalue weighted by Gasteiger charge is 2.06. The van der Waals surface area contributed by atoms with Crippen molar-refractivity contribution in [1.82, 2.24) is 9.78 Å². The van der Waals surface area contributed by atoms with E-state index in [0.717, 1.165) is 12.2 Å². The maximum Gasteiger partial charge on any atom is 0.177 e. The summed E-state index contributed by atoms with van der Waals surface area (Å²) in [6.07, 6.45) is 0. The fourth-order valence-corrected chi connectivity index (χ4v) is 1.07. The van der Waals surface area contributed by atoms with E-state index in [1.807, 2.05) is 19.9 Å². The molecule has 0 fully saturated rings. The summed E-state index contributed by atoms with van der Waals surface area (Å²) in [6.45, 7) is 6.17. The maximum atomic E-state index is 11.0. The van der Waals surface area contributed by atoms with Crippen molar-refractivity contribution in [3.8, 4) is 0 Å². The van der Waals surface area contributed by atoms with Gasteiger partial charge >= 0.3 is 0 Å².